The number of alkyl halides is 6. The Hall–Kier alpha value is -1.19. The van der Waals surface area contributed by atoms with Crippen LogP contribution in [0.25, 0.3) is 0 Å². The molecule has 0 amide bonds. The predicted octanol–water partition coefficient (Wildman–Crippen LogP) is 4.03. The fraction of sp³-hybridized carbons (Fsp3) is 0.600. The van der Waals surface area contributed by atoms with E-state index in [2.05, 4.69) is 5.32 Å². The summed E-state index contributed by atoms with van der Waals surface area (Å²) < 4.78 is 82.8. The fourth-order valence-corrected chi connectivity index (χ4v) is 2.77. The number of benzene rings is 1. The average Bonchev–Trinajstić information content (AvgIpc) is 2.51. The smallest absolute Gasteiger partial charge is 0.416 e. The summed E-state index contributed by atoms with van der Waals surface area (Å²) in [5.74, 6) is -0.109. The van der Waals surface area contributed by atoms with E-state index in [1.807, 2.05) is 0 Å². The summed E-state index contributed by atoms with van der Waals surface area (Å²) in [5, 5.41) is 3.01. The monoisotopic (exact) mass is 392 g/mol. The molecule has 1 N–H and O–H groups in total. The van der Waals surface area contributed by atoms with Gasteiger partial charge in [-0.1, -0.05) is 0 Å². The van der Waals surface area contributed by atoms with E-state index >= 15 is 0 Å². The van der Waals surface area contributed by atoms with E-state index in [1.54, 1.807) is 4.90 Å². The zero-order valence-electron chi connectivity index (χ0n) is 13.4. The van der Waals surface area contributed by atoms with Gasteiger partial charge in [-0.05, 0) is 23.8 Å². The molecule has 0 radical (unpaired) electrons. The molecule has 0 saturated carbocycles. The normalized spacial score (nSPS) is 17.7. The fourth-order valence-electron chi connectivity index (χ4n) is 2.77. The molecule has 0 unspecified atom stereocenters. The molecule has 25 heavy (non-hydrogen) atoms. The number of hydrogen-bond donors (Lipinski definition) is 1. The third kappa shape index (κ3) is 6.23. The van der Waals surface area contributed by atoms with Gasteiger partial charge in [0.25, 0.3) is 0 Å². The first-order valence-electron chi connectivity index (χ1n) is 7.38. The van der Waals surface area contributed by atoms with Gasteiger partial charge in [0, 0.05) is 32.2 Å². The molecular formula is C15H19ClF6N2O. The molecule has 1 aromatic carbocycles. The first-order chi connectivity index (χ1) is 11.1. The Kier molecular flexibility index (Phi) is 7.40. The molecule has 0 aromatic heterocycles. The minimum atomic E-state index is -4.66. The van der Waals surface area contributed by atoms with E-state index in [0.717, 1.165) is 12.1 Å². The van der Waals surface area contributed by atoms with Crippen LogP contribution in [0.5, 0.6) is 5.75 Å². The minimum Gasteiger partial charge on any atom is -0.497 e. The first kappa shape index (κ1) is 21.9. The van der Waals surface area contributed by atoms with Gasteiger partial charge < -0.3 is 10.1 Å². The SMILES string of the molecule is COc1cc([C@H](CC(F)(F)F)N2CCNCC2)cc(C(F)(F)F)c1.Cl. The molecule has 1 heterocycles. The summed E-state index contributed by atoms with van der Waals surface area (Å²) in [5.41, 5.74) is -1.06. The van der Waals surface area contributed by atoms with Gasteiger partial charge in [-0.25, -0.2) is 0 Å². The zero-order chi connectivity index (χ0) is 18.0. The lowest BCUT2D eigenvalue weighted by molar-refractivity contribution is -0.148. The third-order valence-corrected chi connectivity index (χ3v) is 3.89. The molecule has 144 valence electrons. The summed E-state index contributed by atoms with van der Waals surface area (Å²) in [6, 6.07) is 1.63. The minimum absolute atomic E-state index is 0. The maximum Gasteiger partial charge on any atom is 0.416 e. The van der Waals surface area contributed by atoms with Crippen molar-refractivity contribution in [1.82, 2.24) is 10.2 Å². The van der Waals surface area contributed by atoms with Crippen molar-refractivity contribution in [2.45, 2.75) is 24.8 Å². The van der Waals surface area contributed by atoms with Gasteiger partial charge in [0.2, 0.25) is 0 Å². The van der Waals surface area contributed by atoms with E-state index in [-0.39, 0.29) is 23.7 Å². The summed E-state index contributed by atoms with van der Waals surface area (Å²) in [4.78, 5) is 1.55. The predicted molar refractivity (Wildman–Crippen MR) is 83.1 cm³/mol. The van der Waals surface area contributed by atoms with Crippen molar-refractivity contribution < 1.29 is 31.1 Å². The van der Waals surface area contributed by atoms with Crippen LogP contribution in [-0.4, -0.2) is 44.4 Å². The van der Waals surface area contributed by atoms with Crippen molar-refractivity contribution in [1.29, 1.82) is 0 Å². The summed E-state index contributed by atoms with van der Waals surface area (Å²) in [6.07, 6.45) is -10.4. The van der Waals surface area contributed by atoms with Crippen LogP contribution in [-0.2, 0) is 6.18 Å². The van der Waals surface area contributed by atoms with Crippen LogP contribution >= 0.6 is 12.4 Å². The van der Waals surface area contributed by atoms with Crippen molar-refractivity contribution in [3.8, 4) is 5.75 Å². The highest BCUT2D eigenvalue weighted by atomic mass is 35.5. The van der Waals surface area contributed by atoms with Crippen molar-refractivity contribution in [3.63, 3.8) is 0 Å². The number of nitrogens with zero attached hydrogens (tertiary/aromatic N) is 1. The van der Waals surface area contributed by atoms with E-state index in [9.17, 15) is 26.3 Å². The Morgan fingerprint density at radius 2 is 1.68 bits per heavy atom. The Balaban J connectivity index is 0.00000312. The van der Waals surface area contributed by atoms with Gasteiger partial charge in [-0.2, -0.15) is 26.3 Å². The highest BCUT2D eigenvalue weighted by Crippen LogP contribution is 2.39. The van der Waals surface area contributed by atoms with Crippen LogP contribution in [0.2, 0.25) is 0 Å². The van der Waals surface area contributed by atoms with Crippen molar-refractivity contribution in [3.05, 3.63) is 29.3 Å². The van der Waals surface area contributed by atoms with E-state index in [4.69, 9.17) is 4.74 Å². The van der Waals surface area contributed by atoms with Crippen LogP contribution in [0.4, 0.5) is 26.3 Å². The quantitative estimate of drug-likeness (QED) is 0.783. The Morgan fingerprint density at radius 3 is 2.16 bits per heavy atom. The van der Waals surface area contributed by atoms with E-state index < -0.39 is 30.4 Å². The first-order valence-corrected chi connectivity index (χ1v) is 7.38. The number of ether oxygens (including phenoxy) is 1. The highest BCUT2D eigenvalue weighted by molar-refractivity contribution is 5.85. The van der Waals surface area contributed by atoms with Crippen molar-refractivity contribution in [2.75, 3.05) is 33.3 Å². The molecule has 1 fully saturated rings. The molecule has 3 nitrogen and oxygen atoms in total. The van der Waals surface area contributed by atoms with Crippen LogP contribution in [0.3, 0.4) is 0 Å². The van der Waals surface area contributed by atoms with Crippen LogP contribution in [0, 0.1) is 0 Å². The number of hydrogen-bond acceptors (Lipinski definition) is 3. The topological polar surface area (TPSA) is 24.5 Å². The van der Waals surface area contributed by atoms with E-state index in [1.165, 1.54) is 13.2 Å². The van der Waals surface area contributed by atoms with Gasteiger partial charge in [0.15, 0.2) is 0 Å². The number of halogens is 7. The Labute approximate surface area is 147 Å². The number of nitrogens with one attached hydrogen (secondary N) is 1. The Morgan fingerprint density at radius 1 is 1.08 bits per heavy atom. The second-order valence-corrected chi connectivity index (χ2v) is 5.61. The maximum atomic E-state index is 13.0. The Bertz CT molecular complexity index is 558. The molecule has 1 aliphatic heterocycles. The molecule has 0 bridgehead atoms. The summed E-state index contributed by atoms with van der Waals surface area (Å²) in [6.45, 7) is 1.65. The molecule has 10 heteroatoms. The molecular weight excluding hydrogens is 374 g/mol. The van der Waals surface area contributed by atoms with Crippen molar-refractivity contribution in [2.24, 2.45) is 0 Å². The second-order valence-electron chi connectivity index (χ2n) is 5.61. The zero-order valence-corrected chi connectivity index (χ0v) is 14.2. The largest absolute Gasteiger partial charge is 0.497 e. The van der Waals surface area contributed by atoms with Gasteiger partial charge in [-0.15, -0.1) is 12.4 Å². The van der Waals surface area contributed by atoms with Crippen molar-refractivity contribution >= 4 is 12.4 Å². The molecule has 1 saturated heterocycles. The second kappa shape index (κ2) is 8.46. The molecule has 0 spiro atoms. The molecule has 1 aromatic rings. The number of piperazine rings is 1. The van der Waals surface area contributed by atoms with Gasteiger partial charge in [-0.3, -0.25) is 4.90 Å². The van der Waals surface area contributed by atoms with Crippen LogP contribution in [0.15, 0.2) is 18.2 Å². The molecule has 1 aliphatic rings. The van der Waals surface area contributed by atoms with E-state index in [0.29, 0.717) is 26.2 Å². The molecule has 2 rings (SSSR count). The summed E-state index contributed by atoms with van der Waals surface area (Å²) in [7, 11) is 1.18. The standard InChI is InChI=1S/C15H18F6N2O.ClH/c1-24-12-7-10(6-11(8-12)15(19,20)21)13(9-14(16,17)18)23-4-2-22-3-5-23;/h6-8,13,22H,2-5,9H2,1H3;1H/t13-;/m0./s1. The van der Waals surface area contributed by atoms with Gasteiger partial charge in [0.1, 0.15) is 5.75 Å². The lowest BCUT2D eigenvalue weighted by atomic mass is 9.98. The lowest BCUT2D eigenvalue weighted by Gasteiger charge is -2.36. The molecule has 0 aliphatic carbocycles. The maximum absolute atomic E-state index is 13.0. The number of methoxy groups -OCH3 is 1. The van der Waals surface area contributed by atoms with Gasteiger partial charge in [0.05, 0.1) is 19.1 Å². The van der Waals surface area contributed by atoms with Crippen LogP contribution < -0.4 is 10.1 Å². The average molecular weight is 393 g/mol. The number of rotatable bonds is 4. The lowest BCUT2D eigenvalue weighted by Crippen LogP contribution is -2.46. The summed E-state index contributed by atoms with van der Waals surface area (Å²) >= 11 is 0. The van der Waals surface area contributed by atoms with Crippen LogP contribution in [0.1, 0.15) is 23.6 Å². The highest BCUT2D eigenvalue weighted by Gasteiger charge is 2.38. The van der Waals surface area contributed by atoms with Gasteiger partial charge >= 0.3 is 12.4 Å². The molecule has 1 atom stereocenters. The third-order valence-electron chi connectivity index (χ3n) is 3.89.